The third kappa shape index (κ3) is 5.20. The summed E-state index contributed by atoms with van der Waals surface area (Å²) in [4.78, 5) is 11.9. The molecule has 1 saturated heterocycles. The van der Waals surface area contributed by atoms with Crippen LogP contribution in [-0.2, 0) is 16.0 Å². The lowest BCUT2D eigenvalue weighted by Gasteiger charge is -2.23. The Morgan fingerprint density at radius 2 is 2.04 bits per heavy atom. The van der Waals surface area contributed by atoms with Gasteiger partial charge in [0.1, 0.15) is 0 Å². The zero-order valence-corrected chi connectivity index (χ0v) is 13.9. The normalized spacial score (nSPS) is 17.5. The Bertz CT molecular complexity index is 642. The number of halogens is 1. The van der Waals surface area contributed by atoms with E-state index >= 15 is 0 Å². The van der Waals surface area contributed by atoms with Crippen molar-refractivity contribution in [3.63, 3.8) is 0 Å². The Kier molecular flexibility index (Phi) is 6.84. The summed E-state index contributed by atoms with van der Waals surface area (Å²) >= 11 is 0. The zero-order valence-electron chi connectivity index (χ0n) is 13.1. The van der Waals surface area contributed by atoms with Crippen LogP contribution in [0.25, 0.3) is 10.8 Å². The Morgan fingerprint density at radius 3 is 2.83 bits per heavy atom. The standard InChI is InChI=1S/C18H22N2O2.ClH/c21-18(12-17-13-22-10-9-19-17)20-8-7-14-5-6-15-3-1-2-4-16(15)11-14;/h1-6,11,17,19H,7-10,12-13H2,(H,20,21);1H. The first-order valence-corrected chi connectivity index (χ1v) is 7.87. The Morgan fingerprint density at radius 1 is 1.22 bits per heavy atom. The number of hydrogen-bond acceptors (Lipinski definition) is 3. The summed E-state index contributed by atoms with van der Waals surface area (Å²) in [6.07, 6.45) is 1.34. The van der Waals surface area contributed by atoms with E-state index in [9.17, 15) is 4.79 Å². The summed E-state index contributed by atoms with van der Waals surface area (Å²) in [5.74, 6) is 0.0868. The van der Waals surface area contributed by atoms with Gasteiger partial charge < -0.3 is 15.4 Å². The fourth-order valence-electron chi connectivity index (χ4n) is 2.79. The van der Waals surface area contributed by atoms with Crippen molar-refractivity contribution in [2.75, 3.05) is 26.3 Å². The Balaban J connectivity index is 0.00000192. The van der Waals surface area contributed by atoms with Crippen LogP contribution >= 0.6 is 12.4 Å². The highest BCUT2D eigenvalue weighted by Crippen LogP contribution is 2.15. The molecule has 3 rings (SSSR count). The van der Waals surface area contributed by atoms with Crippen molar-refractivity contribution in [3.8, 4) is 0 Å². The molecule has 2 aromatic rings. The minimum atomic E-state index is 0. The van der Waals surface area contributed by atoms with Gasteiger partial charge in [-0.25, -0.2) is 0 Å². The van der Waals surface area contributed by atoms with E-state index in [1.807, 2.05) is 12.1 Å². The van der Waals surface area contributed by atoms with Gasteiger partial charge in [-0.15, -0.1) is 12.4 Å². The van der Waals surface area contributed by atoms with Crippen LogP contribution in [0.2, 0.25) is 0 Å². The first-order valence-electron chi connectivity index (χ1n) is 7.87. The molecule has 1 amide bonds. The number of nitrogens with one attached hydrogen (secondary N) is 2. The highest BCUT2D eigenvalue weighted by Gasteiger charge is 2.16. The molecule has 0 radical (unpaired) electrons. The molecule has 1 aliphatic rings. The molecular weight excluding hydrogens is 312 g/mol. The number of ether oxygens (including phenoxy) is 1. The second-order valence-corrected chi connectivity index (χ2v) is 5.71. The minimum absolute atomic E-state index is 0. The van der Waals surface area contributed by atoms with Gasteiger partial charge >= 0.3 is 0 Å². The molecule has 124 valence electrons. The Hall–Kier alpha value is -1.62. The maximum atomic E-state index is 11.9. The average Bonchev–Trinajstić information content (AvgIpc) is 2.55. The van der Waals surface area contributed by atoms with Crippen LogP contribution in [0.1, 0.15) is 12.0 Å². The minimum Gasteiger partial charge on any atom is -0.378 e. The highest BCUT2D eigenvalue weighted by molar-refractivity contribution is 5.85. The summed E-state index contributed by atoms with van der Waals surface area (Å²) < 4.78 is 5.36. The van der Waals surface area contributed by atoms with E-state index in [-0.39, 0.29) is 24.4 Å². The second kappa shape index (κ2) is 8.87. The van der Waals surface area contributed by atoms with Gasteiger partial charge in [0.25, 0.3) is 0 Å². The third-order valence-corrected chi connectivity index (χ3v) is 3.98. The molecule has 0 bridgehead atoms. The lowest BCUT2D eigenvalue weighted by molar-refractivity contribution is -0.122. The number of carbonyl (C=O) groups excluding carboxylic acids is 1. The average molecular weight is 335 g/mol. The van der Waals surface area contributed by atoms with Gasteiger partial charge in [0.2, 0.25) is 5.91 Å². The summed E-state index contributed by atoms with van der Waals surface area (Å²) in [5, 5.41) is 8.78. The molecule has 4 nitrogen and oxygen atoms in total. The predicted octanol–water partition coefficient (Wildman–Crippen LogP) is 2.30. The van der Waals surface area contributed by atoms with Crippen LogP contribution in [0.5, 0.6) is 0 Å². The second-order valence-electron chi connectivity index (χ2n) is 5.71. The molecule has 0 aliphatic carbocycles. The van der Waals surface area contributed by atoms with Crippen molar-refractivity contribution in [2.45, 2.75) is 18.9 Å². The quantitative estimate of drug-likeness (QED) is 0.882. The molecule has 23 heavy (non-hydrogen) atoms. The molecule has 1 fully saturated rings. The summed E-state index contributed by atoms with van der Waals surface area (Å²) in [5.41, 5.74) is 1.25. The molecule has 0 aromatic heterocycles. The summed E-state index contributed by atoms with van der Waals surface area (Å²) in [6.45, 7) is 2.86. The lowest BCUT2D eigenvalue weighted by Crippen LogP contribution is -2.44. The molecule has 5 heteroatoms. The smallest absolute Gasteiger partial charge is 0.221 e. The summed E-state index contributed by atoms with van der Waals surface area (Å²) in [6, 6.07) is 14.9. The zero-order chi connectivity index (χ0) is 15.2. The number of benzene rings is 2. The monoisotopic (exact) mass is 334 g/mol. The van der Waals surface area contributed by atoms with E-state index in [0.29, 0.717) is 19.6 Å². The molecule has 1 heterocycles. The molecule has 1 aliphatic heterocycles. The van der Waals surface area contributed by atoms with E-state index in [2.05, 4.69) is 41.0 Å². The van der Waals surface area contributed by atoms with Gasteiger partial charge in [0, 0.05) is 25.6 Å². The van der Waals surface area contributed by atoms with E-state index in [1.165, 1.54) is 16.3 Å². The van der Waals surface area contributed by atoms with Crippen molar-refractivity contribution in [1.29, 1.82) is 0 Å². The van der Waals surface area contributed by atoms with Crippen LogP contribution in [0.4, 0.5) is 0 Å². The number of amides is 1. The maximum Gasteiger partial charge on any atom is 0.221 e. The van der Waals surface area contributed by atoms with Crippen LogP contribution < -0.4 is 10.6 Å². The van der Waals surface area contributed by atoms with Crippen molar-refractivity contribution in [1.82, 2.24) is 10.6 Å². The number of carbonyl (C=O) groups is 1. The topological polar surface area (TPSA) is 50.4 Å². The molecule has 0 saturated carbocycles. The number of rotatable bonds is 5. The number of morpholine rings is 1. The lowest BCUT2D eigenvalue weighted by atomic mass is 10.1. The fourth-order valence-corrected chi connectivity index (χ4v) is 2.79. The SMILES string of the molecule is Cl.O=C(CC1COCCN1)NCCc1ccc2ccccc2c1. The molecule has 2 aromatic carbocycles. The first-order chi connectivity index (χ1) is 10.8. The first kappa shape index (κ1) is 17.7. The largest absolute Gasteiger partial charge is 0.378 e. The Labute approximate surface area is 143 Å². The van der Waals surface area contributed by atoms with Crippen molar-refractivity contribution >= 4 is 29.1 Å². The molecule has 0 spiro atoms. The van der Waals surface area contributed by atoms with Gasteiger partial charge in [-0.1, -0.05) is 42.5 Å². The predicted molar refractivity (Wildman–Crippen MR) is 95.1 cm³/mol. The fraction of sp³-hybridized carbons (Fsp3) is 0.389. The molecule has 1 unspecified atom stereocenters. The molecule has 2 N–H and O–H groups in total. The van der Waals surface area contributed by atoms with E-state index in [1.54, 1.807) is 0 Å². The van der Waals surface area contributed by atoms with Gasteiger partial charge in [-0.05, 0) is 22.8 Å². The highest BCUT2D eigenvalue weighted by atomic mass is 35.5. The van der Waals surface area contributed by atoms with Gasteiger partial charge in [0.15, 0.2) is 0 Å². The number of fused-ring (bicyclic) bond motifs is 1. The van der Waals surface area contributed by atoms with E-state index in [0.717, 1.165) is 19.6 Å². The summed E-state index contributed by atoms with van der Waals surface area (Å²) in [7, 11) is 0. The van der Waals surface area contributed by atoms with Crippen molar-refractivity contribution in [2.24, 2.45) is 0 Å². The van der Waals surface area contributed by atoms with E-state index < -0.39 is 0 Å². The van der Waals surface area contributed by atoms with Gasteiger partial charge in [-0.3, -0.25) is 4.79 Å². The van der Waals surface area contributed by atoms with Crippen LogP contribution in [-0.4, -0.2) is 38.3 Å². The third-order valence-electron chi connectivity index (χ3n) is 3.98. The molecular formula is C18H23ClN2O2. The van der Waals surface area contributed by atoms with Crippen LogP contribution in [0, 0.1) is 0 Å². The van der Waals surface area contributed by atoms with Gasteiger partial charge in [-0.2, -0.15) is 0 Å². The van der Waals surface area contributed by atoms with Crippen molar-refractivity contribution in [3.05, 3.63) is 48.0 Å². The maximum absolute atomic E-state index is 11.9. The molecule has 1 atom stereocenters. The van der Waals surface area contributed by atoms with Crippen molar-refractivity contribution < 1.29 is 9.53 Å². The van der Waals surface area contributed by atoms with Crippen LogP contribution in [0.15, 0.2) is 42.5 Å². The number of hydrogen-bond donors (Lipinski definition) is 2. The van der Waals surface area contributed by atoms with E-state index in [4.69, 9.17) is 4.74 Å². The van der Waals surface area contributed by atoms with Crippen LogP contribution in [0.3, 0.4) is 0 Å². The van der Waals surface area contributed by atoms with Gasteiger partial charge in [0.05, 0.1) is 13.2 Å².